The summed E-state index contributed by atoms with van der Waals surface area (Å²) >= 11 is 0. The van der Waals surface area contributed by atoms with E-state index in [0.29, 0.717) is 30.1 Å². The van der Waals surface area contributed by atoms with Crippen molar-refractivity contribution in [3.63, 3.8) is 0 Å². The van der Waals surface area contributed by atoms with Crippen molar-refractivity contribution in [2.75, 3.05) is 0 Å². The molecular weight excluding hydrogens is 420 g/mol. The molecule has 0 spiro atoms. The number of nitrogens with one attached hydrogen (secondary N) is 1. The van der Waals surface area contributed by atoms with E-state index >= 15 is 0 Å². The van der Waals surface area contributed by atoms with E-state index in [0.717, 1.165) is 24.0 Å². The molecule has 32 heavy (non-hydrogen) atoms. The lowest BCUT2D eigenvalue weighted by Crippen LogP contribution is -2.46. The van der Waals surface area contributed by atoms with Crippen LogP contribution in [0.15, 0.2) is 47.4 Å². The maximum Gasteiger partial charge on any atom is 0.251 e. The van der Waals surface area contributed by atoms with E-state index in [2.05, 4.69) is 26.1 Å². The fourth-order valence-electron chi connectivity index (χ4n) is 6.29. The third kappa shape index (κ3) is 3.06. The van der Waals surface area contributed by atoms with E-state index in [1.54, 1.807) is 25.1 Å². The van der Waals surface area contributed by atoms with Crippen molar-refractivity contribution in [3.8, 4) is 0 Å². The molecule has 3 atom stereocenters. The Kier molecular flexibility index (Phi) is 4.84. The largest absolute Gasteiger partial charge is 0.349 e. The molecule has 2 aromatic carbocycles. The first-order valence-corrected chi connectivity index (χ1v) is 13.0. The van der Waals surface area contributed by atoms with Crippen LogP contribution in [0.1, 0.15) is 67.1 Å². The molecule has 170 valence electrons. The fraction of sp³-hybridized carbons (Fsp3) is 0.500. The van der Waals surface area contributed by atoms with Crippen molar-refractivity contribution in [2.24, 2.45) is 16.7 Å². The summed E-state index contributed by atoms with van der Waals surface area (Å²) in [4.78, 5) is 13.4. The van der Waals surface area contributed by atoms with Crippen LogP contribution in [0.3, 0.4) is 0 Å². The minimum absolute atomic E-state index is 0.0776. The van der Waals surface area contributed by atoms with Crippen molar-refractivity contribution in [3.05, 3.63) is 64.7 Å². The summed E-state index contributed by atoms with van der Waals surface area (Å²) in [5, 5.41) is 3.26. The molecule has 0 radical (unpaired) electrons. The van der Waals surface area contributed by atoms with Crippen molar-refractivity contribution in [1.29, 1.82) is 0 Å². The highest BCUT2D eigenvalue weighted by Crippen LogP contribution is 2.65. The van der Waals surface area contributed by atoms with E-state index in [4.69, 9.17) is 0 Å². The van der Waals surface area contributed by atoms with Gasteiger partial charge in [0.1, 0.15) is 0 Å². The van der Waals surface area contributed by atoms with Crippen LogP contribution < -0.4 is 5.32 Å². The Hall–Kier alpha value is -2.18. The van der Waals surface area contributed by atoms with E-state index in [9.17, 15) is 13.2 Å². The molecule has 2 saturated carbocycles. The minimum atomic E-state index is -3.71. The van der Waals surface area contributed by atoms with Crippen LogP contribution in [0.4, 0.5) is 0 Å². The number of nitrogens with zero attached hydrogens (tertiary/aromatic N) is 1. The van der Waals surface area contributed by atoms with Gasteiger partial charge in [0.15, 0.2) is 0 Å². The second-order valence-corrected chi connectivity index (χ2v) is 12.6. The van der Waals surface area contributed by atoms with Gasteiger partial charge in [0, 0.05) is 24.7 Å². The van der Waals surface area contributed by atoms with Gasteiger partial charge < -0.3 is 5.32 Å². The quantitative estimate of drug-likeness (QED) is 0.735. The van der Waals surface area contributed by atoms with Crippen LogP contribution in [0.2, 0.25) is 0 Å². The molecule has 5 nitrogen and oxygen atoms in total. The SMILES string of the molecule is Cc1ccc(C(=O)NC2CC3CCC2(C)C3(C)C)cc1S(=O)(=O)N1Cc2ccccc2C1. The number of benzene rings is 2. The average Bonchev–Trinajstić information content (AvgIpc) is 3.34. The van der Waals surface area contributed by atoms with E-state index in [1.165, 1.54) is 10.7 Å². The Balaban J connectivity index is 1.39. The second-order valence-electron chi connectivity index (χ2n) is 10.7. The Morgan fingerprint density at radius 2 is 1.72 bits per heavy atom. The van der Waals surface area contributed by atoms with Gasteiger partial charge >= 0.3 is 0 Å². The third-order valence-electron chi connectivity index (χ3n) is 8.98. The van der Waals surface area contributed by atoms with Gasteiger partial charge in [0.25, 0.3) is 5.91 Å². The molecule has 0 saturated heterocycles. The Morgan fingerprint density at radius 3 is 2.28 bits per heavy atom. The van der Waals surface area contributed by atoms with Crippen molar-refractivity contribution in [2.45, 2.75) is 71.0 Å². The van der Waals surface area contributed by atoms with Crippen LogP contribution in [0.5, 0.6) is 0 Å². The fourth-order valence-corrected chi connectivity index (χ4v) is 7.94. The summed E-state index contributed by atoms with van der Waals surface area (Å²) in [7, 11) is -3.71. The zero-order valence-electron chi connectivity index (χ0n) is 19.3. The lowest BCUT2D eigenvalue weighted by molar-refractivity contribution is 0.0826. The molecule has 1 aliphatic heterocycles. The van der Waals surface area contributed by atoms with Gasteiger partial charge in [-0.05, 0) is 71.8 Å². The summed E-state index contributed by atoms with van der Waals surface area (Å²) in [6.07, 6.45) is 3.35. The molecule has 5 rings (SSSR count). The van der Waals surface area contributed by atoms with Crippen LogP contribution in [0, 0.1) is 23.7 Å². The minimum Gasteiger partial charge on any atom is -0.349 e. The number of fused-ring (bicyclic) bond motifs is 3. The predicted molar refractivity (Wildman–Crippen MR) is 125 cm³/mol. The van der Waals surface area contributed by atoms with Gasteiger partial charge in [0.05, 0.1) is 4.90 Å². The first-order valence-electron chi connectivity index (χ1n) is 11.5. The molecule has 0 aromatic heterocycles. The van der Waals surface area contributed by atoms with Crippen LogP contribution in [-0.4, -0.2) is 24.7 Å². The van der Waals surface area contributed by atoms with Crippen LogP contribution in [0.25, 0.3) is 0 Å². The highest BCUT2D eigenvalue weighted by Gasteiger charge is 2.61. The van der Waals surface area contributed by atoms with Gasteiger partial charge in [-0.15, -0.1) is 0 Å². The number of rotatable bonds is 4. The van der Waals surface area contributed by atoms with Crippen LogP contribution >= 0.6 is 0 Å². The highest BCUT2D eigenvalue weighted by atomic mass is 32.2. The molecule has 1 amide bonds. The number of amides is 1. The average molecular weight is 453 g/mol. The van der Waals surface area contributed by atoms with Gasteiger partial charge in [-0.3, -0.25) is 4.79 Å². The monoisotopic (exact) mass is 452 g/mol. The lowest BCUT2D eigenvalue weighted by Gasteiger charge is -2.39. The normalized spacial score (nSPS) is 28.6. The number of hydrogen-bond donors (Lipinski definition) is 1. The molecule has 2 aromatic rings. The number of carbonyl (C=O) groups excluding carboxylic acids is 1. The lowest BCUT2D eigenvalue weighted by atomic mass is 9.69. The van der Waals surface area contributed by atoms with Crippen molar-refractivity contribution < 1.29 is 13.2 Å². The number of hydrogen-bond acceptors (Lipinski definition) is 3. The zero-order valence-corrected chi connectivity index (χ0v) is 20.1. The molecule has 1 heterocycles. The number of aryl methyl sites for hydroxylation is 1. The molecule has 3 unspecified atom stereocenters. The number of sulfonamides is 1. The molecule has 3 aliphatic rings. The Labute approximate surface area is 191 Å². The van der Waals surface area contributed by atoms with Gasteiger partial charge in [0.2, 0.25) is 10.0 Å². The van der Waals surface area contributed by atoms with Crippen molar-refractivity contribution in [1.82, 2.24) is 9.62 Å². The first-order chi connectivity index (χ1) is 15.0. The van der Waals surface area contributed by atoms with Gasteiger partial charge in [-0.25, -0.2) is 8.42 Å². The molecular formula is C26H32N2O3S. The second kappa shape index (κ2) is 7.16. The van der Waals surface area contributed by atoms with E-state index in [-0.39, 0.29) is 27.7 Å². The van der Waals surface area contributed by atoms with Crippen molar-refractivity contribution >= 4 is 15.9 Å². The molecule has 6 heteroatoms. The summed E-state index contributed by atoms with van der Waals surface area (Å²) in [5.74, 6) is 0.448. The predicted octanol–water partition coefficient (Wildman–Crippen LogP) is 4.64. The highest BCUT2D eigenvalue weighted by molar-refractivity contribution is 7.89. The van der Waals surface area contributed by atoms with E-state index in [1.807, 2.05) is 24.3 Å². The molecule has 2 fully saturated rings. The van der Waals surface area contributed by atoms with Crippen LogP contribution in [-0.2, 0) is 23.1 Å². The smallest absolute Gasteiger partial charge is 0.251 e. The van der Waals surface area contributed by atoms with Gasteiger partial charge in [-0.1, -0.05) is 51.1 Å². The first kappa shape index (κ1) is 21.7. The topological polar surface area (TPSA) is 66.5 Å². The molecule has 2 aliphatic carbocycles. The van der Waals surface area contributed by atoms with Gasteiger partial charge in [-0.2, -0.15) is 4.31 Å². The Bertz CT molecular complexity index is 1180. The molecule has 1 N–H and O–H groups in total. The summed E-state index contributed by atoms with van der Waals surface area (Å²) in [6.45, 7) is 9.46. The van der Waals surface area contributed by atoms with E-state index < -0.39 is 10.0 Å². The third-order valence-corrected chi connectivity index (χ3v) is 10.9. The summed E-state index contributed by atoms with van der Waals surface area (Å²) < 4.78 is 28.5. The zero-order chi connectivity index (χ0) is 22.9. The standard InChI is InChI=1S/C26H32N2O3S/c1-17-9-10-18(24(29)27-23-14-21-11-12-26(23,4)25(21,2)3)13-22(17)32(30,31)28-15-19-7-5-6-8-20(19)16-28/h5-10,13,21,23H,11-12,14-16H2,1-4H3,(H,27,29). The summed E-state index contributed by atoms with van der Waals surface area (Å²) in [5.41, 5.74) is 3.43. The number of carbonyl (C=O) groups is 1. The maximum absolute atomic E-state index is 13.5. The Morgan fingerprint density at radius 1 is 1.06 bits per heavy atom. The maximum atomic E-state index is 13.5. The summed E-state index contributed by atoms with van der Waals surface area (Å²) in [6, 6.07) is 13.0. The molecule has 2 bridgehead atoms.